The molecule has 2 fully saturated rings. The Morgan fingerprint density at radius 3 is 2.04 bits per heavy atom. The third kappa shape index (κ3) is 4.34. The average Bonchev–Trinajstić information content (AvgIpc) is 2.99. The van der Waals surface area contributed by atoms with E-state index in [1.165, 1.54) is 12.8 Å². The lowest BCUT2D eigenvalue weighted by atomic mass is 9.97. The first-order chi connectivity index (χ1) is 13.2. The Balaban J connectivity index is 1.77. The summed E-state index contributed by atoms with van der Waals surface area (Å²) >= 11 is 13.3. The Hall–Kier alpha value is -0.0631. The van der Waals surface area contributed by atoms with Crippen LogP contribution in [0.2, 0.25) is 28.2 Å². The van der Waals surface area contributed by atoms with Gasteiger partial charge in [0.25, 0.3) is 0 Å². The molecule has 1 aromatic carbocycles. The molecule has 158 valence electrons. The summed E-state index contributed by atoms with van der Waals surface area (Å²) in [5, 5.41) is 5.29. The van der Waals surface area contributed by atoms with Crippen molar-refractivity contribution in [3.63, 3.8) is 0 Å². The molecular weight excluding hydrogens is 405 g/mol. The first-order valence-corrected chi connectivity index (χ1v) is 14.3. The van der Waals surface area contributed by atoms with Crippen molar-refractivity contribution >= 4 is 31.5 Å². The highest BCUT2D eigenvalue weighted by Crippen LogP contribution is 2.66. The van der Waals surface area contributed by atoms with E-state index >= 15 is 0 Å². The van der Waals surface area contributed by atoms with Crippen molar-refractivity contribution in [2.24, 2.45) is 17.3 Å². The molecule has 0 bridgehead atoms. The zero-order chi connectivity index (χ0) is 20.7. The normalized spacial score (nSPS) is 26.9. The number of hydrogen-bond acceptors (Lipinski definition) is 2. The van der Waals surface area contributed by atoms with Crippen molar-refractivity contribution in [1.29, 1.82) is 0 Å². The maximum Gasteiger partial charge on any atom is 0.192 e. The lowest BCUT2D eigenvalue weighted by Crippen LogP contribution is -2.41. The third-order valence-corrected chi connectivity index (χ3v) is 13.1. The molecule has 1 N–H and O–H groups in total. The molecular formula is C23H37Cl2NOSi. The van der Waals surface area contributed by atoms with Gasteiger partial charge >= 0.3 is 0 Å². The van der Waals surface area contributed by atoms with Crippen LogP contribution in [0.25, 0.3) is 0 Å². The van der Waals surface area contributed by atoms with Gasteiger partial charge in [-0.25, -0.2) is 0 Å². The molecule has 5 heteroatoms. The zero-order valence-corrected chi connectivity index (χ0v) is 20.9. The van der Waals surface area contributed by atoms with E-state index in [1.54, 1.807) is 0 Å². The van der Waals surface area contributed by atoms with E-state index in [0.29, 0.717) is 11.5 Å². The Bertz CT molecular complexity index is 659. The van der Waals surface area contributed by atoms with Crippen LogP contribution in [0.3, 0.4) is 0 Å². The largest absolute Gasteiger partial charge is 0.409 e. The summed E-state index contributed by atoms with van der Waals surface area (Å²) in [6.45, 7) is 14.5. The van der Waals surface area contributed by atoms with Crippen LogP contribution in [0, 0.1) is 24.2 Å². The number of fused-ring (bicyclic) bond motifs is 1. The maximum atomic E-state index is 6.92. The molecule has 2 aliphatic carbocycles. The number of nitrogens with one attached hydrogen (secondary N) is 1. The standard InChI is InChI=1S/C23H37Cl2NOSi/c1-7-28(8-2,9-3)27-21(22-19(24)10-15(4)11-20(22)25)14-26-16-12-17-18(13-16)23(17,5)6/h10-11,16-18,21,26H,7-9,12-14H2,1-6H3/t16-,17+,18-,21?. The van der Waals surface area contributed by atoms with Crippen LogP contribution in [0.15, 0.2) is 12.1 Å². The van der Waals surface area contributed by atoms with Gasteiger partial charge in [0, 0.05) is 28.2 Å². The smallest absolute Gasteiger partial charge is 0.192 e. The summed E-state index contributed by atoms with van der Waals surface area (Å²) < 4.78 is 6.92. The van der Waals surface area contributed by atoms with Crippen molar-refractivity contribution < 1.29 is 4.43 Å². The van der Waals surface area contributed by atoms with E-state index in [-0.39, 0.29) is 6.10 Å². The van der Waals surface area contributed by atoms with E-state index in [1.807, 2.05) is 19.1 Å². The molecule has 1 unspecified atom stereocenters. The maximum absolute atomic E-state index is 6.92. The molecule has 0 aromatic heterocycles. The highest BCUT2D eigenvalue weighted by Gasteiger charge is 2.61. The number of hydrogen-bond donors (Lipinski definition) is 1. The van der Waals surface area contributed by atoms with E-state index in [0.717, 1.165) is 57.7 Å². The summed E-state index contributed by atoms with van der Waals surface area (Å²) in [6, 6.07) is 8.00. The fourth-order valence-electron chi connectivity index (χ4n) is 5.47. The molecule has 2 nitrogen and oxygen atoms in total. The van der Waals surface area contributed by atoms with Crippen molar-refractivity contribution in [3.05, 3.63) is 33.3 Å². The predicted molar refractivity (Wildman–Crippen MR) is 124 cm³/mol. The minimum atomic E-state index is -1.78. The van der Waals surface area contributed by atoms with Gasteiger partial charge < -0.3 is 9.74 Å². The molecule has 0 aliphatic heterocycles. The van der Waals surface area contributed by atoms with Gasteiger partial charge in [-0.3, -0.25) is 0 Å². The summed E-state index contributed by atoms with van der Waals surface area (Å²) in [4.78, 5) is 0. The Kier molecular flexibility index (Phi) is 6.94. The van der Waals surface area contributed by atoms with Crippen LogP contribution in [0.4, 0.5) is 0 Å². The van der Waals surface area contributed by atoms with E-state index in [2.05, 4.69) is 39.9 Å². The van der Waals surface area contributed by atoms with Gasteiger partial charge in [0.2, 0.25) is 0 Å². The fraction of sp³-hybridized carbons (Fsp3) is 0.739. The second-order valence-electron chi connectivity index (χ2n) is 9.60. The minimum Gasteiger partial charge on any atom is -0.409 e. The highest BCUT2D eigenvalue weighted by atomic mass is 35.5. The predicted octanol–water partition coefficient (Wildman–Crippen LogP) is 7.39. The zero-order valence-electron chi connectivity index (χ0n) is 18.4. The molecule has 0 amide bonds. The highest BCUT2D eigenvalue weighted by molar-refractivity contribution is 6.73. The van der Waals surface area contributed by atoms with Crippen LogP contribution in [-0.4, -0.2) is 20.9 Å². The minimum absolute atomic E-state index is 0.0722. The molecule has 0 spiro atoms. The van der Waals surface area contributed by atoms with Gasteiger partial charge in [-0.2, -0.15) is 0 Å². The Labute approximate surface area is 182 Å². The number of benzene rings is 1. The molecule has 4 atom stereocenters. The topological polar surface area (TPSA) is 21.3 Å². The van der Waals surface area contributed by atoms with Gasteiger partial charge in [-0.15, -0.1) is 0 Å². The Morgan fingerprint density at radius 1 is 1.07 bits per heavy atom. The second-order valence-corrected chi connectivity index (χ2v) is 15.1. The fourth-order valence-corrected chi connectivity index (χ4v) is 9.11. The van der Waals surface area contributed by atoms with Gasteiger partial charge in [0.05, 0.1) is 6.10 Å². The first kappa shape index (κ1) is 22.6. The molecule has 28 heavy (non-hydrogen) atoms. The van der Waals surface area contributed by atoms with Crippen molar-refractivity contribution in [1.82, 2.24) is 5.32 Å². The quantitative estimate of drug-likeness (QED) is 0.403. The molecule has 3 rings (SSSR count). The van der Waals surface area contributed by atoms with Crippen molar-refractivity contribution in [3.8, 4) is 0 Å². The van der Waals surface area contributed by atoms with E-state index in [9.17, 15) is 0 Å². The second kappa shape index (κ2) is 8.59. The lowest BCUT2D eigenvalue weighted by molar-refractivity contribution is 0.179. The van der Waals surface area contributed by atoms with Gasteiger partial charge in [0.1, 0.15) is 0 Å². The lowest BCUT2D eigenvalue weighted by Gasteiger charge is -2.35. The molecule has 0 heterocycles. The molecule has 1 aromatic rings. The van der Waals surface area contributed by atoms with Crippen molar-refractivity contribution in [2.45, 2.75) is 84.7 Å². The van der Waals surface area contributed by atoms with E-state index < -0.39 is 8.32 Å². The molecule has 2 aliphatic rings. The van der Waals surface area contributed by atoms with Crippen molar-refractivity contribution in [2.75, 3.05) is 6.54 Å². The molecule has 2 saturated carbocycles. The van der Waals surface area contributed by atoms with E-state index in [4.69, 9.17) is 27.6 Å². The summed E-state index contributed by atoms with van der Waals surface area (Å²) in [5.41, 5.74) is 2.62. The number of halogens is 2. The number of aryl methyl sites for hydroxylation is 1. The van der Waals surface area contributed by atoms with Crippen LogP contribution in [0.1, 0.15) is 64.7 Å². The summed E-state index contributed by atoms with van der Waals surface area (Å²) in [5.74, 6) is 1.79. The average molecular weight is 443 g/mol. The van der Waals surface area contributed by atoms with Crippen LogP contribution in [0.5, 0.6) is 0 Å². The summed E-state index contributed by atoms with van der Waals surface area (Å²) in [7, 11) is -1.78. The van der Waals surface area contributed by atoms with Gasteiger partial charge in [0.15, 0.2) is 8.32 Å². The Morgan fingerprint density at radius 2 is 1.57 bits per heavy atom. The van der Waals surface area contributed by atoms with Gasteiger partial charge in [-0.05, 0) is 72.8 Å². The van der Waals surface area contributed by atoms with Crippen LogP contribution < -0.4 is 5.32 Å². The molecule has 0 radical (unpaired) electrons. The monoisotopic (exact) mass is 441 g/mol. The van der Waals surface area contributed by atoms with Crippen LogP contribution >= 0.6 is 23.2 Å². The summed E-state index contributed by atoms with van der Waals surface area (Å²) in [6.07, 6.45) is 2.51. The molecule has 0 saturated heterocycles. The van der Waals surface area contributed by atoms with Gasteiger partial charge in [-0.1, -0.05) is 57.8 Å². The SMILES string of the molecule is CC[Si](CC)(CC)OC(CN[C@H]1C[C@@H]2[C@H](C1)C2(C)C)c1c(Cl)cc(C)cc1Cl. The van der Waals surface area contributed by atoms with Crippen LogP contribution in [-0.2, 0) is 4.43 Å². The first-order valence-electron chi connectivity index (χ1n) is 11.0. The number of rotatable bonds is 9. The third-order valence-electron chi connectivity index (χ3n) is 7.83.